The molecule has 0 saturated carbocycles. The van der Waals surface area contributed by atoms with Crippen molar-refractivity contribution in [1.29, 1.82) is 0 Å². The van der Waals surface area contributed by atoms with Crippen LogP contribution in [0.3, 0.4) is 0 Å². The molecule has 3 heteroatoms. The molecule has 1 saturated heterocycles. The number of carbonyl (C=O) groups excluding carboxylic acids is 1. The van der Waals surface area contributed by atoms with Crippen LogP contribution in [0.2, 0.25) is 0 Å². The second-order valence-corrected chi connectivity index (χ2v) is 6.57. The van der Waals surface area contributed by atoms with Gasteiger partial charge in [-0.3, -0.25) is 4.79 Å². The van der Waals surface area contributed by atoms with Crippen LogP contribution >= 0.6 is 0 Å². The van der Waals surface area contributed by atoms with Gasteiger partial charge in [0.2, 0.25) is 5.91 Å². The maximum atomic E-state index is 12.6. The Morgan fingerprint density at radius 3 is 2.52 bits per heavy atom. The van der Waals surface area contributed by atoms with Crippen LogP contribution in [-0.4, -0.2) is 46.9 Å². The topological polar surface area (TPSA) is 23.6 Å². The maximum Gasteiger partial charge on any atom is 0.223 e. The number of piperidine rings is 1. The van der Waals surface area contributed by atoms with E-state index in [0.29, 0.717) is 12.3 Å². The second kappa shape index (κ2) is 7.26. The smallest absolute Gasteiger partial charge is 0.223 e. The third-order valence-corrected chi connectivity index (χ3v) is 4.92. The highest BCUT2D eigenvalue weighted by Gasteiger charge is 2.40. The third-order valence-electron chi connectivity index (χ3n) is 4.92. The number of likely N-dealkylation sites (tertiary alicyclic amines) is 1. The molecule has 2 aliphatic rings. The molecule has 2 rings (SSSR count). The fraction of sp³-hybridized carbons (Fsp3) is 0.722. The average Bonchev–Trinajstić information content (AvgIpc) is 2.51. The molecular weight excluding hydrogens is 260 g/mol. The minimum Gasteiger partial charge on any atom is -0.330 e. The summed E-state index contributed by atoms with van der Waals surface area (Å²) in [5.74, 6) is 0.298. The maximum absolute atomic E-state index is 12.6. The van der Waals surface area contributed by atoms with Gasteiger partial charge in [-0.1, -0.05) is 38.2 Å². The average molecular weight is 290 g/mol. The molecule has 0 N–H and O–H groups in total. The van der Waals surface area contributed by atoms with E-state index in [1.807, 2.05) is 6.92 Å². The minimum atomic E-state index is 0.0114. The van der Waals surface area contributed by atoms with Crippen LogP contribution in [-0.2, 0) is 4.79 Å². The molecule has 1 atom stereocenters. The van der Waals surface area contributed by atoms with E-state index in [9.17, 15) is 4.79 Å². The van der Waals surface area contributed by atoms with Crippen LogP contribution in [0.15, 0.2) is 24.3 Å². The molecule has 0 aromatic heterocycles. The van der Waals surface area contributed by atoms with Gasteiger partial charge in [0.15, 0.2) is 0 Å². The normalized spacial score (nSPS) is 25.0. The van der Waals surface area contributed by atoms with Crippen molar-refractivity contribution < 1.29 is 4.79 Å². The summed E-state index contributed by atoms with van der Waals surface area (Å²) in [6, 6.07) is 0.241. The quantitative estimate of drug-likeness (QED) is 0.775. The van der Waals surface area contributed by atoms with Crippen LogP contribution < -0.4 is 0 Å². The number of amides is 1. The fourth-order valence-electron chi connectivity index (χ4n) is 3.63. The molecule has 3 nitrogen and oxygen atoms in total. The summed E-state index contributed by atoms with van der Waals surface area (Å²) in [7, 11) is 0. The van der Waals surface area contributed by atoms with Gasteiger partial charge in [0.05, 0.1) is 6.04 Å². The SMILES string of the molecule is CCCN1CCC(C)(N(C(=O)CC)C2C=CC=CC2)CC1. The first kappa shape index (κ1) is 16.3. The van der Waals surface area contributed by atoms with Gasteiger partial charge in [-0.05, 0) is 39.2 Å². The van der Waals surface area contributed by atoms with Gasteiger partial charge in [-0.2, -0.15) is 0 Å². The standard InChI is InChI=1S/C18H30N2O/c1-4-13-19-14-11-18(3,12-15-19)20(17(21)5-2)16-9-7-6-8-10-16/h6-9,16H,4-5,10-15H2,1-3H3. The minimum absolute atomic E-state index is 0.0114. The van der Waals surface area contributed by atoms with Crippen molar-refractivity contribution in [2.24, 2.45) is 0 Å². The van der Waals surface area contributed by atoms with Crippen LogP contribution in [0.25, 0.3) is 0 Å². The zero-order valence-corrected chi connectivity index (χ0v) is 13.8. The fourth-order valence-corrected chi connectivity index (χ4v) is 3.63. The van der Waals surface area contributed by atoms with Crippen molar-refractivity contribution >= 4 is 5.91 Å². The van der Waals surface area contributed by atoms with Crippen molar-refractivity contribution in [3.05, 3.63) is 24.3 Å². The molecule has 21 heavy (non-hydrogen) atoms. The predicted octanol–water partition coefficient (Wildman–Crippen LogP) is 3.37. The van der Waals surface area contributed by atoms with E-state index in [0.717, 1.165) is 32.4 Å². The van der Waals surface area contributed by atoms with E-state index in [4.69, 9.17) is 0 Å². The molecule has 118 valence electrons. The molecule has 1 heterocycles. The summed E-state index contributed by atoms with van der Waals surface area (Å²) in [5.41, 5.74) is 0.0114. The summed E-state index contributed by atoms with van der Waals surface area (Å²) >= 11 is 0. The Hall–Kier alpha value is -1.09. The Morgan fingerprint density at radius 2 is 2.00 bits per heavy atom. The molecule has 0 bridgehead atoms. The molecule has 0 aromatic rings. The van der Waals surface area contributed by atoms with E-state index in [1.165, 1.54) is 13.0 Å². The first-order chi connectivity index (χ1) is 10.1. The van der Waals surface area contributed by atoms with Crippen molar-refractivity contribution in [2.45, 2.75) is 64.5 Å². The largest absolute Gasteiger partial charge is 0.330 e. The van der Waals surface area contributed by atoms with Crippen LogP contribution in [0.5, 0.6) is 0 Å². The highest BCUT2D eigenvalue weighted by atomic mass is 16.2. The zero-order valence-electron chi connectivity index (χ0n) is 13.8. The number of nitrogens with zero attached hydrogens (tertiary/aromatic N) is 2. The third kappa shape index (κ3) is 3.76. The van der Waals surface area contributed by atoms with Gasteiger partial charge in [0.1, 0.15) is 0 Å². The Balaban J connectivity index is 2.11. The van der Waals surface area contributed by atoms with Crippen LogP contribution in [0, 0.1) is 0 Å². The summed E-state index contributed by atoms with van der Waals surface area (Å²) < 4.78 is 0. The first-order valence-electron chi connectivity index (χ1n) is 8.48. The number of hydrogen-bond acceptors (Lipinski definition) is 2. The monoisotopic (exact) mass is 290 g/mol. The van der Waals surface area contributed by atoms with Gasteiger partial charge in [-0.15, -0.1) is 0 Å². The van der Waals surface area contributed by atoms with E-state index in [-0.39, 0.29) is 11.6 Å². The molecule has 0 radical (unpaired) electrons. The highest BCUT2D eigenvalue weighted by Crippen LogP contribution is 2.33. The number of carbonyl (C=O) groups is 1. The molecule has 1 unspecified atom stereocenters. The molecule has 1 aliphatic heterocycles. The summed E-state index contributed by atoms with van der Waals surface area (Å²) in [5, 5.41) is 0. The van der Waals surface area contributed by atoms with Crippen molar-refractivity contribution in [3.8, 4) is 0 Å². The van der Waals surface area contributed by atoms with E-state index < -0.39 is 0 Å². The second-order valence-electron chi connectivity index (χ2n) is 6.57. The van der Waals surface area contributed by atoms with Gasteiger partial charge in [-0.25, -0.2) is 0 Å². The summed E-state index contributed by atoms with van der Waals surface area (Å²) in [6.07, 6.45) is 13.5. The lowest BCUT2D eigenvalue weighted by Gasteiger charge is -2.49. The van der Waals surface area contributed by atoms with E-state index >= 15 is 0 Å². The van der Waals surface area contributed by atoms with Crippen molar-refractivity contribution in [1.82, 2.24) is 9.80 Å². The Bertz CT molecular complexity index is 405. The van der Waals surface area contributed by atoms with Crippen molar-refractivity contribution in [3.63, 3.8) is 0 Å². The summed E-state index contributed by atoms with van der Waals surface area (Å²) in [6.45, 7) is 9.92. The summed E-state index contributed by atoms with van der Waals surface area (Å²) in [4.78, 5) is 17.3. The zero-order chi connectivity index (χ0) is 15.3. The molecule has 0 aromatic carbocycles. The highest BCUT2D eigenvalue weighted by molar-refractivity contribution is 5.77. The van der Waals surface area contributed by atoms with Crippen LogP contribution in [0.1, 0.15) is 52.9 Å². The molecule has 0 spiro atoms. The predicted molar refractivity (Wildman–Crippen MR) is 88.2 cm³/mol. The van der Waals surface area contributed by atoms with Gasteiger partial charge in [0, 0.05) is 25.0 Å². The first-order valence-corrected chi connectivity index (χ1v) is 8.48. The van der Waals surface area contributed by atoms with E-state index in [1.54, 1.807) is 0 Å². The lowest BCUT2D eigenvalue weighted by molar-refractivity contribution is -0.141. The number of rotatable bonds is 5. The van der Waals surface area contributed by atoms with Gasteiger partial charge >= 0.3 is 0 Å². The lowest BCUT2D eigenvalue weighted by atomic mass is 9.85. The molecule has 1 fully saturated rings. The number of hydrogen-bond donors (Lipinski definition) is 0. The lowest BCUT2D eigenvalue weighted by Crippen LogP contribution is -2.58. The Kier molecular flexibility index (Phi) is 5.63. The van der Waals surface area contributed by atoms with Crippen molar-refractivity contribution in [2.75, 3.05) is 19.6 Å². The van der Waals surface area contributed by atoms with Crippen LogP contribution in [0.4, 0.5) is 0 Å². The Morgan fingerprint density at radius 1 is 1.29 bits per heavy atom. The van der Waals surface area contributed by atoms with E-state index in [2.05, 4.69) is 48.0 Å². The molecule has 1 amide bonds. The molecule has 1 aliphatic carbocycles. The van der Waals surface area contributed by atoms with Gasteiger partial charge < -0.3 is 9.80 Å². The number of allylic oxidation sites excluding steroid dienone is 2. The van der Waals surface area contributed by atoms with Gasteiger partial charge in [0.25, 0.3) is 0 Å². The Labute approximate surface area is 129 Å². The molecular formula is C18H30N2O.